The number of nitrogens with zero attached hydrogens (tertiary/aromatic N) is 1. The molecule has 2 saturated heterocycles. The number of likely N-dealkylation sites (tertiary alicyclic amines) is 1. The summed E-state index contributed by atoms with van der Waals surface area (Å²) in [6.07, 6.45) is 4.69. The van der Waals surface area contributed by atoms with E-state index in [-0.39, 0.29) is 23.4 Å². The first-order chi connectivity index (χ1) is 11.5. The molecule has 0 aromatic carbocycles. The Morgan fingerprint density at radius 3 is 2.75 bits per heavy atom. The molecule has 0 radical (unpaired) electrons. The molecule has 2 saturated carbocycles. The van der Waals surface area contributed by atoms with Crippen molar-refractivity contribution < 1.29 is 14.0 Å². The SMILES string of the molecule is CC(=O)N1CC[C@H]1C(=O)NC1NC2CCC3CC(F)CCC3C2S1. The second kappa shape index (κ2) is 6.48. The second-order valence-corrected chi connectivity index (χ2v) is 8.98. The maximum Gasteiger partial charge on any atom is 0.244 e. The Morgan fingerprint density at radius 1 is 1.21 bits per heavy atom. The van der Waals surface area contributed by atoms with E-state index in [1.165, 1.54) is 6.92 Å². The predicted molar refractivity (Wildman–Crippen MR) is 91.0 cm³/mol. The van der Waals surface area contributed by atoms with Crippen LogP contribution in [0, 0.1) is 11.8 Å². The van der Waals surface area contributed by atoms with Gasteiger partial charge in [0.15, 0.2) is 0 Å². The number of rotatable bonds is 2. The zero-order valence-electron chi connectivity index (χ0n) is 14.0. The van der Waals surface area contributed by atoms with Crippen molar-refractivity contribution in [2.45, 2.75) is 74.5 Å². The van der Waals surface area contributed by atoms with Gasteiger partial charge in [-0.15, -0.1) is 11.8 Å². The average molecular weight is 355 g/mol. The molecular formula is C17H26FN3O2S. The highest BCUT2D eigenvalue weighted by molar-refractivity contribution is 8.00. The third-order valence-corrected chi connectivity index (χ3v) is 7.82. The summed E-state index contributed by atoms with van der Waals surface area (Å²) < 4.78 is 13.7. The van der Waals surface area contributed by atoms with Crippen LogP contribution in [-0.4, -0.2) is 52.3 Å². The number of thioether (sulfide) groups is 1. The number of nitrogens with one attached hydrogen (secondary N) is 2. The lowest BCUT2D eigenvalue weighted by atomic mass is 9.68. The fourth-order valence-corrected chi connectivity index (χ4v) is 6.67. The molecule has 4 rings (SSSR count). The zero-order valence-corrected chi connectivity index (χ0v) is 14.9. The summed E-state index contributed by atoms with van der Waals surface area (Å²) in [6, 6.07) is 0.116. The Hall–Kier alpha value is -0.820. The number of carbonyl (C=O) groups excluding carboxylic acids is 2. The number of fused-ring (bicyclic) bond motifs is 3. The summed E-state index contributed by atoms with van der Waals surface area (Å²) in [5.41, 5.74) is -0.0799. The second-order valence-electron chi connectivity index (χ2n) is 7.69. The number of hydrogen-bond acceptors (Lipinski definition) is 4. The van der Waals surface area contributed by atoms with Gasteiger partial charge in [-0.3, -0.25) is 14.9 Å². The number of amides is 2. The average Bonchev–Trinajstić information content (AvgIpc) is 2.87. The summed E-state index contributed by atoms with van der Waals surface area (Å²) in [7, 11) is 0. The molecule has 2 heterocycles. The minimum atomic E-state index is -0.617. The molecule has 0 spiro atoms. The standard InChI is InChI=1S/C17H26FN3O2S/c1-9(22)21-7-6-14(21)16(23)20-17-19-13-5-2-10-8-11(18)3-4-12(10)15(13)24-17/h10-15,17,19H,2-8H2,1H3,(H,20,23)/t10?,11?,12?,13?,14-,15?,17?/m0/s1. The number of halogens is 1. The number of carbonyl (C=O) groups is 2. The molecule has 0 bridgehead atoms. The number of hydrogen-bond donors (Lipinski definition) is 2. The largest absolute Gasteiger partial charge is 0.331 e. The number of alkyl halides is 1. The molecule has 134 valence electrons. The summed E-state index contributed by atoms with van der Waals surface area (Å²) in [5.74, 6) is 1.00. The van der Waals surface area contributed by atoms with Crippen molar-refractivity contribution in [2.24, 2.45) is 11.8 Å². The van der Waals surface area contributed by atoms with Gasteiger partial charge < -0.3 is 10.2 Å². The Kier molecular flexibility index (Phi) is 4.49. The molecule has 2 aliphatic heterocycles. The van der Waals surface area contributed by atoms with Crippen molar-refractivity contribution >= 4 is 23.6 Å². The van der Waals surface area contributed by atoms with Gasteiger partial charge in [0.1, 0.15) is 17.7 Å². The van der Waals surface area contributed by atoms with E-state index in [9.17, 15) is 14.0 Å². The Morgan fingerprint density at radius 2 is 2.04 bits per heavy atom. The van der Waals surface area contributed by atoms with E-state index in [1.807, 2.05) is 0 Å². The normalized spacial score (nSPS) is 44.2. The van der Waals surface area contributed by atoms with Crippen LogP contribution in [0.4, 0.5) is 4.39 Å². The molecule has 5 nitrogen and oxygen atoms in total. The Bertz CT molecular complexity index is 534. The van der Waals surface area contributed by atoms with Crippen LogP contribution >= 0.6 is 11.8 Å². The van der Waals surface area contributed by atoms with Gasteiger partial charge in [0.2, 0.25) is 11.8 Å². The molecule has 7 atom stereocenters. The molecule has 6 unspecified atom stereocenters. The van der Waals surface area contributed by atoms with E-state index in [1.54, 1.807) is 16.7 Å². The third kappa shape index (κ3) is 2.94. The van der Waals surface area contributed by atoms with E-state index in [2.05, 4.69) is 10.6 Å². The van der Waals surface area contributed by atoms with E-state index in [0.717, 1.165) is 32.1 Å². The fourth-order valence-electron chi connectivity index (χ4n) is 4.95. The van der Waals surface area contributed by atoms with Gasteiger partial charge in [-0.2, -0.15) is 0 Å². The minimum Gasteiger partial charge on any atom is -0.331 e. The molecule has 2 amide bonds. The Labute approximate surface area is 146 Å². The molecule has 0 aromatic heterocycles. The van der Waals surface area contributed by atoms with Gasteiger partial charge in [0.05, 0.1) is 0 Å². The summed E-state index contributed by atoms with van der Waals surface area (Å²) in [4.78, 5) is 25.5. The highest BCUT2D eigenvalue weighted by Gasteiger charge is 2.48. The highest BCUT2D eigenvalue weighted by Crippen LogP contribution is 2.48. The van der Waals surface area contributed by atoms with Crippen LogP contribution in [0.2, 0.25) is 0 Å². The van der Waals surface area contributed by atoms with Crippen LogP contribution in [0.15, 0.2) is 0 Å². The smallest absolute Gasteiger partial charge is 0.244 e. The lowest BCUT2D eigenvalue weighted by Gasteiger charge is -2.42. The zero-order chi connectivity index (χ0) is 16.8. The first-order valence-electron chi connectivity index (χ1n) is 9.16. The summed E-state index contributed by atoms with van der Waals surface area (Å²) >= 11 is 1.80. The summed E-state index contributed by atoms with van der Waals surface area (Å²) in [6.45, 7) is 2.19. The van der Waals surface area contributed by atoms with Gasteiger partial charge in [0, 0.05) is 24.8 Å². The minimum absolute atomic E-state index is 0.0343. The maximum absolute atomic E-state index is 13.7. The maximum atomic E-state index is 13.7. The van der Waals surface area contributed by atoms with Crippen molar-refractivity contribution in [3.05, 3.63) is 0 Å². The quantitative estimate of drug-likeness (QED) is 0.790. The van der Waals surface area contributed by atoms with E-state index < -0.39 is 6.17 Å². The van der Waals surface area contributed by atoms with Crippen LogP contribution in [0.5, 0.6) is 0 Å². The Balaban J connectivity index is 1.35. The lowest BCUT2D eigenvalue weighted by Crippen LogP contribution is -2.59. The van der Waals surface area contributed by atoms with Gasteiger partial charge in [-0.05, 0) is 50.4 Å². The molecule has 24 heavy (non-hydrogen) atoms. The first kappa shape index (κ1) is 16.6. The van der Waals surface area contributed by atoms with Crippen molar-refractivity contribution in [3.63, 3.8) is 0 Å². The molecular weight excluding hydrogens is 329 g/mol. The monoisotopic (exact) mass is 355 g/mol. The summed E-state index contributed by atoms with van der Waals surface area (Å²) in [5, 5.41) is 7.10. The van der Waals surface area contributed by atoms with Gasteiger partial charge >= 0.3 is 0 Å². The van der Waals surface area contributed by atoms with Crippen molar-refractivity contribution in [1.29, 1.82) is 0 Å². The molecule has 2 N–H and O–H groups in total. The first-order valence-corrected chi connectivity index (χ1v) is 10.1. The molecule has 2 aliphatic carbocycles. The molecule has 7 heteroatoms. The lowest BCUT2D eigenvalue weighted by molar-refractivity contribution is -0.145. The van der Waals surface area contributed by atoms with E-state index in [4.69, 9.17) is 0 Å². The predicted octanol–water partition coefficient (Wildman–Crippen LogP) is 1.63. The van der Waals surface area contributed by atoms with Gasteiger partial charge in [-0.1, -0.05) is 0 Å². The topological polar surface area (TPSA) is 61.4 Å². The van der Waals surface area contributed by atoms with Crippen LogP contribution in [0.1, 0.15) is 45.4 Å². The molecule has 4 fully saturated rings. The molecule has 4 aliphatic rings. The third-order valence-electron chi connectivity index (χ3n) is 6.30. The van der Waals surface area contributed by atoms with Crippen molar-refractivity contribution in [1.82, 2.24) is 15.5 Å². The van der Waals surface area contributed by atoms with E-state index in [0.29, 0.717) is 36.1 Å². The van der Waals surface area contributed by atoms with Crippen molar-refractivity contribution in [3.8, 4) is 0 Å². The van der Waals surface area contributed by atoms with Crippen LogP contribution in [0.3, 0.4) is 0 Å². The van der Waals surface area contributed by atoms with Crippen molar-refractivity contribution in [2.75, 3.05) is 6.54 Å². The van der Waals surface area contributed by atoms with E-state index >= 15 is 0 Å². The highest BCUT2D eigenvalue weighted by atomic mass is 32.2. The van der Waals surface area contributed by atoms with Gasteiger partial charge in [-0.25, -0.2) is 4.39 Å². The molecule has 0 aromatic rings. The van der Waals surface area contributed by atoms with Crippen LogP contribution in [-0.2, 0) is 9.59 Å². The fraction of sp³-hybridized carbons (Fsp3) is 0.882. The van der Waals surface area contributed by atoms with Crippen LogP contribution < -0.4 is 10.6 Å². The van der Waals surface area contributed by atoms with Gasteiger partial charge in [0.25, 0.3) is 0 Å². The van der Waals surface area contributed by atoms with Crippen LogP contribution in [0.25, 0.3) is 0 Å².